The van der Waals surface area contributed by atoms with E-state index in [4.69, 9.17) is 0 Å². The third kappa shape index (κ3) is 1.88. The second kappa shape index (κ2) is 4.97. The monoisotopic (exact) mass is 307 g/mol. The van der Waals surface area contributed by atoms with E-state index in [0.717, 1.165) is 0 Å². The van der Waals surface area contributed by atoms with Crippen LogP contribution in [-0.4, -0.2) is 7.05 Å². The fourth-order valence-corrected chi connectivity index (χ4v) is 3.72. The first-order valence-corrected chi connectivity index (χ1v) is 8.28. The Morgan fingerprint density at radius 3 is 2.17 bits per heavy atom. The summed E-state index contributed by atoms with van der Waals surface area (Å²) in [5.74, 6) is 0. The average molecular weight is 307 g/mol. The zero-order valence-corrected chi connectivity index (χ0v) is 13.5. The maximum atomic E-state index is 2.31. The maximum Gasteiger partial charge on any atom is 0.0488 e. The van der Waals surface area contributed by atoms with E-state index in [0.29, 0.717) is 0 Å². The van der Waals surface area contributed by atoms with Crippen LogP contribution in [0, 0.1) is 0 Å². The quantitative estimate of drug-likeness (QED) is 0.371. The van der Waals surface area contributed by atoms with E-state index >= 15 is 0 Å². The summed E-state index contributed by atoms with van der Waals surface area (Å²) in [6, 6.07) is 26.2. The van der Waals surface area contributed by atoms with Gasteiger partial charge >= 0.3 is 0 Å². The van der Waals surface area contributed by atoms with Gasteiger partial charge in [-0.2, -0.15) is 0 Å². The molecule has 0 aromatic heterocycles. The van der Waals surface area contributed by atoms with Gasteiger partial charge in [0.25, 0.3) is 0 Å². The largest absolute Gasteiger partial charge is 0.344 e. The summed E-state index contributed by atoms with van der Waals surface area (Å²) in [7, 11) is 2.16. The molecule has 0 bridgehead atoms. The Bertz CT molecular complexity index is 1120. The number of anilines is 2. The molecule has 5 rings (SSSR count). The summed E-state index contributed by atoms with van der Waals surface area (Å²) in [6.45, 7) is 0. The first kappa shape index (κ1) is 13.4. The highest BCUT2D eigenvalue weighted by Gasteiger charge is 2.16. The van der Waals surface area contributed by atoms with Gasteiger partial charge in [-0.25, -0.2) is 0 Å². The standard InChI is InChI=1S/C23H17N/c1-24-22-13-11-16-6-4-5-9-20(16)21(22)12-10-19-14-17-7-2-3-8-18(17)15-23(19)24/h2-15H,1H3. The van der Waals surface area contributed by atoms with E-state index in [1.807, 2.05) is 0 Å². The molecule has 0 amide bonds. The molecule has 1 aliphatic heterocycles. The van der Waals surface area contributed by atoms with Crippen LogP contribution in [-0.2, 0) is 0 Å². The van der Waals surface area contributed by atoms with Crippen molar-refractivity contribution in [3.05, 3.63) is 83.9 Å². The van der Waals surface area contributed by atoms with Gasteiger partial charge in [0, 0.05) is 24.0 Å². The first-order valence-electron chi connectivity index (χ1n) is 8.28. The molecule has 1 aliphatic rings. The minimum atomic E-state index is 1.25. The topological polar surface area (TPSA) is 3.24 Å². The van der Waals surface area contributed by atoms with Crippen LogP contribution in [0.15, 0.2) is 72.8 Å². The Kier molecular flexibility index (Phi) is 2.77. The molecule has 0 aliphatic carbocycles. The summed E-state index contributed by atoms with van der Waals surface area (Å²) < 4.78 is 0. The van der Waals surface area contributed by atoms with Gasteiger partial charge < -0.3 is 4.90 Å². The second-order valence-electron chi connectivity index (χ2n) is 6.37. The van der Waals surface area contributed by atoms with E-state index < -0.39 is 0 Å². The maximum absolute atomic E-state index is 2.31. The smallest absolute Gasteiger partial charge is 0.0488 e. The third-order valence-electron chi connectivity index (χ3n) is 4.99. The normalized spacial score (nSPS) is 13.0. The van der Waals surface area contributed by atoms with Crippen LogP contribution < -0.4 is 4.90 Å². The van der Waals surface area contributed by atoms with Crippen LogP contribution in [0.3, 0.4) is 0 Å². The molecule has 1 heteroatoms. The van der Waals surface area contributed by atoms with Crippen molar-refractivity contribution in [2.45, 2.75) is 0 Å². The predicted octanol–water partition coefficient (Wildman–Crippen LogP) is 6.24. The third-order valence-corrected chi connectivity index (χ3v) is 4.99. The summed E-state index contributed by atoms with van der Waals surface area (Å²) >= 11 is 0. The summed E-state index contributed by atoms with van der Waals surface area (Å²) in [5.41, 5.74) is 5.05. The van der Waals surface area contributed by atoms with Crippen LogP contribution in [0.1, 0.15) is 11.1 Å². The van der Waals surface area contributed by atoms with E-state index in [9.17, 15) is 0 Å². The highest BCUT2D eigenvalue weighted by molar-refractivity contribution is 6.03. The number of hydrogen-bond donors (Lipinski definition) is 0. The number of rotatable bonds is 0. The van der Waals surface area contributed by atoms with Crippen molar-refractivity contribution in [2.24, 2.45) is 0 Å². The molecule has 0 atom stereocenters. The van der Waals surface area contributed by atoms with Gasteiger partial charge in [0.1, 0.15) is 0 Å². The van der Waals surface area contributed by atoms with Crippen LogP contribution in [0.2, 0.25) is 0 Å². The zero-order chi connectivity index (χ0) is 16.1. The van der Waals surface area contributed by atoms with Crippen molar-refractivity contribution in [1.29, 1.82) is 0 Å². The summed E-state index contributed by atoms with van der Waals surface area (Å²) in [4.78, 5) is 2.31. The molecule has 0 spiro atoms. The lowest BCUT2D eigenvalue weighted by atomic mass is 10.0. The van der Waals surface area contributed by atoms with Crippen molar-refractivity contribution < 1.29 is 0 Å². The minimum Gasteiger partial charge on any atom is -0.344 e. The summed E-state index contributed by atoms with van der Waals surface area (Å²) in [6.07, 6.45) is 4.51. The van der Waals surface area contributed by atoms with Crippen molar-refractivity contribution in [3.63, 3.8) is 0 Å². The van der Waals surface area contributed by atoms with Gasteiger partial charge in [-0.1, -0.05) is 66.7 Å². The van der Waals surface area contributed by atoms with Crippen molar-refractivity contribution in [3.8, 4) is 0 Å². The molecule has 1 heterocycles. The molecule has 0 saturated carbocycles. The molecule has 4 aromatic rings. The number of benzene rings is 4. The molecule has 0 radical (unpaired) electrons. The first-order chi connectivity index (χ1) is 11.8. The van der Waals surface area contributed by atoms with Gasteiger partial charge in [0.2, 0.25) is 0 Å². The van der Waals surface area contributed by atoms with E-state index in [1.165, 1.54) is 44.0 Å². The Hall–Kier alpha value is -3.06. The van der Waals surface area contributed by atoms with Gasteiger partial charge in [0.15, 0.2) is 0 Å². The lowest BCUT2D eigenvalue weighted by molar-refractivity contribution is 1.21. The number of fused-ring (bicyclic) bond motifs is 5. The van der Waals surface area contributed by atoms with E-state index in [-0.39, 0.29) is 0 Å². The lowest BCUT2D eigenvalue weighted by Gasteiger charge is -2.23. The Morgan fingerprint density at radius 1 is 0.625 bits per heavy atom. The molecule has 114 valence electrons. The molecule has 0 unspecified atom stereocenters. The van der Waals surface area contributed by atoms with Gasteiger partial charge in [-0.15, -0.1) is 0 Å². The average Bonchev–Trinajstić information content (AvgIpc) is 2.77. The SMILES string of the molecule is CN1c2cc3ccccc3cc2C=Cc2c1ccc1ccccc21. The Balaban J connectivity index is 1.82. The highest BCUT2D eigenvalue weighted by atomic mass is 15.1. The lowest BCUT2D eigenvalue weighted by Crippen LogP contribution is -2.11. The highest BCUT2D eigenvalue weighted by Crippen LogP contribution is 2.39. The number of hydrogen-bond acceptors (Lipinski definition) is 1. The Morgan fingerprint density at radius 2 is 1.33 bits per heavy atom. The summed E-state index contributed by atoms with van der Waals surface area (Å²) in [5, 5.41) is 5.15. The van der Waals surface area contributed by atoms with E-state index in [1.54, 1.807) is 0 Å². The molecule has 4 aromatic carbocycles. The molecule has 1 nitrogen and oxygen atoms in total. The molecule has 0 fully saturated rings. The molecular weight excluding hydrogens is 290 g/mol. The van der Waals surface area contributed by atoms with Gasteiger partial charge in [0.05, 0.1) is 0 Å². The van der Waals surface area contributed by atoms with Crippen LogP contribution in [0.25, 0.3) is 33.7 Å². The van der Waals surface area contributed by atoms with E-state index in [2.05, 4.69) is 96.9 Å². The van der Waals surface area contributed by atoms with Crippen LogP contribution in [0.5, 0.6) is 0 Å². The van der Waals surface area contributed by atoms with Crippen LogP contribution in [0.4, 0.5) is 11.4 Å². The number of nitrogens with zero attached hydrogens (tertiary/aromatic N) is 1. The van der Waals surface area contributed by atoms with Crippen LogP contribution >= 0.6 is 0 Å². The fraction of sp³-hybridized carbons (Fsp3) is 0.0435. The van der Waals surface area contributed by atoms with Crippen molar-refractivity contribution >= 4 is 45.1 Å². The minimum absolute atomic E-state index is 1.25. The molecule has 0 N–H and O–H groups in total. The zero-order valence-electron chi connectivity index (χ0n) is 13.5. The van der Waals surface area contributed by atoms with Gasteiger partial charge in [-0.3, -0.25) is 0 Å². The fourth-order valence-electron chi connectivity index (χ4n) is 3.72. The second-order valence-corrected chi connectivity index (χ2v) is 6.37. The predicted molar refractivity (Wildman–Crippen MR) is 105 cm³/mol. The van der Waals surface area contributed by atoms with Gasteiger partial charge in [-0.05, 0) is 45.3 Å². The van der Waals surface area contributed by atoms with Crippen molar-refractivity contribution in [1.82, 2.24) is 0 Å². The van der Waals surface area contributed by atoms with Crippen molar-refractivity contribution in [2.75, 3.05) is 11.9 Å². The molecule has 0 saturated heterocycles. The molecule has 24 heavy (non-hydrogen) atoms. The Labute approximate surface area is 141 Å². The molecular formula is C23H17N.